The predicted molar refractivity (Wildman–Crippen MR) is 78.9 cm³/mol. The number of aromatic amines is 1. The summed E-state index contributed by atoms with van der Waals surface area (Å²) in [5.41, 5.74) is 2.71. The number of hydrogen-bond acceptors (Lipinski definition) is 3. The Bertz CT molecular complexity index is 708. The van der Waals surface area contributed by atoms with Gasteiger partial charge in [-0.3, -0.25) is 9.19 Å². The summed E-state index contributed by atoms with van der Waals surface area (Å²) in [6, 6.07) is 9.43. The Balaban J connectivity index is 0.00000133. The van der Waals surface area contributed by atoms with Gasteiger partial charge in [-0.1, -0.05) is 12.1 Å². The first-order valence-corrected chi connectivity index (χ1v) is 7.03. The fourth-order valence-corrected chi connectivity index (χ4v) is 2.38. The molecule has 0 fully saturated rings. The Kier molecular flexibility index (Phi) is 3.97. The third-order valence-corrected chi connectivity index (χ3v) is 3.64. The van der Waals surface area contributed by atoms with Gasteiger partial charge in [-0.25, -0.2) is 4.98 Å². The molecule has 0 saturated carbocycles. The van der Waals surface area contributed by atoms with Crippen LogP contribution in [0.5, 0.6) is 0 Å². The van der Waals surface area contributed by atoms with Crippen LogP contribution in [0.25, 0.3) is 22.4 Å². The fourth-order valence-electron chi connectivity index (χ4n) is 1.82. The molecule has 1 atom stereocenters. The van der Waals surface area contributed by atoms with Gasteiger partial charge in [-0.2, -0.15) is 0 Å². The monoisotopic (exact) mass is 293 g/mol. The first-order chi connectivity index (χ1) is 8.74. The minimum Gasteiger partial charge on any atom is -0.337 e. The maximum Gasteiger partial charge on any atom is 0.138 e. The second-order valence-electron chi connectivity index (χ2n) is 3.96. The lowest BCUT2D eigenvalue weighted by atomic mass is 10.2. The van der Waals surface area contributed by atoms with E-state index in [-0.39, 0.29) is 12.4 Å². The van der Waals surface area contributed by atoms with E-state index < -0.39 is 10.8 Å². The van der Waals surface area contributed by atoms with Crippen LogP contribution in [0.4, 0.5) is 0 Å². The van der Waals surface area contributed by atoms with Crippen LogP contribution in [0.2, 0.25) is 0 Å². The number of H-pyrrole nitrogens is 1. The van der Waals surface area contributed by atoms with Gasteiger partial charge in [-0.05, 0) is 18.2 Å². The standard InChI is InChI=1S/C13H11N3OS.ClH/c1-18(17)10-4-2-3-9(7-10)13-15-11-5-6-14-8-12(11)16-13;/h2-8H,1H3,(H,15,16);1H. The average Bonchev–Trinajstić information content (AvgIpc) is 2.82. The average molecular weight is 294 g/mol. The SMILES string of the molecule is CS(=O)c1cccc(-c2nc3ccncc3[nH]2)c1.Cl. The summed E-state index contributed by atoms with van der Waals surface area (Å²) in [6.07, 6.45) is 5.12. The molecule has 3 rings (SSSR count). The number of imidazole rings is 1. The molecule has 1 unspecified atom stereocenters. The van der Waals surface area contributed by atoms with Crippen molar-refractivity contribution in [1.29, 1.82) is 0 Å². The highest BCUT2D eigenvalue weighted by molar-refractivity contribution is 7.84. The maximum atomic E-state index is 11.5. The van der Waals surface area contributed by atoms with Gasteiger partial charge in [0.05, 0.1) is 17.2 Å². The Labute approximate surface area is 119 Å². The molecule has 0 aliphatic heterocycles. The number of rotatable bonds is 2. The van der Waals surface area contributed by atoms with E-state index in [1.165, 1.54) is 0 Å². The minimum absolute atomic E-state index is 0. The third-order valence-electron chi connectivity index (χ3n) is 2.72. The lowest BCUT2D eigenvalue weighted by molar-refractivity contribution is 0.687. The van der Waals surface area contributed by atoms with Gasteiger partial charge in [0, 0.05) is 33.7 Å². The number of aromatic nitrogens is 3. The molecule has 4 nitrogen and oxygen atoms in total. The number of pyridine rings is 1. The number of hydrogen-bond donors (Lipinski definition) is 1. The summed E-state index contributed by atoms with van der Waals surface area (Å²) < 4.78 is 11.5. The fraction of sp³-hybridized carbons (Fsp3) is 0.0769. The molecular formula is C13H12ClN3OS. The Hall–Kier alpha value is -1.72. The number of fused-ring (bicyclic) bond motifs is 1. The van der Waals surface area contributed by atoms with Crippen LogP contribution < -0.4 is 0 Å². The van der Waals surface area contributed by atoms with Gasteiger partial charge in [-0.15, -0.1) is 12.4 Å². The van der Waals surface area contributed by atoms with E-state index in [4.69, 9.17) is 0 Å². The van der Waals surface area contributed by atoms with E-state index in [1.807, 2.05) is 30.3 Å². The molecule has 0 saturated heterocycles. The molecular weight excluding hydrogens is 282 g/mol. The molecule has 0 radical (unpaired) electrons. The largest absolute Gasteiger partial charge is 0.337 e. The molecule has 0 bridgehead atoms. The summed E-state index contributed by atoms with van der Waals surface area (Å²) >= 11 is 0. The van der Waals surface area contributed by atoms with Crippen molar-refractivity contribution >= 4 is 34.2 Å². The molecule has 19 heavy (non-hydrogen) atoms. The van der Waals surface area contributed by atoms with Crippen molar-refractivity contribution in [1.82, 2.24) is 15.0 Å². The molecule has 3 aromatic rings. The molecule has 2 heterocycles. The summed E-state index contributed by atoms with van der Waals surface area (Å²) in [4.78, 5) is 12.5. The van der Waals surface area contributed by atoms with E-state index in [0.717, 1.165) is 27.3 Å². The molecule has 1 aromatic carbocycles. The van der Waals surface area contributed by atoms with Crippen molar-refractivity contribution in [3.05, 3.63) is 42.7 Å². The second kappa shape index (κ2) is 5.50. The first kappa shape index (κ1) is 13.7. The van der Waals surface area contributed by atoms with Gasteiger partial charge in [0.1, 0.15) is 5.82 Å². The zero-order valence-corrected chi connectivity index (χ0v) is 11.8. The number of nitrogens with zero attached hydrogens (tertiary/aromatic N) is 2. The topological polar surface area (TPSA) is 58.6 Å². The molecule has 6 heteroatoms. The van der Waals surface area contributed by atoms with E-state index in [9.17, 15) is 4.21 Å². The van der Waals surface area contributed by atoms with Crippen molar-refractivity contribution in [2.24, 2.45) is 0 Å². The zero-order chi connectivity index (χ0) is 12.5. The summed E-state index contributed by atoms with van der Waals surface area (Å²) in [5.74, 6) is 0.769. The summed E-state index contributed by atoms with van der Waals surface area (Å²) in [5, 5.41) is 0. The van der Waals surface area contributed by atoms with E-state index in [2.05, 4.69) is 15.0 Å². The molecule has 0 amide bonds. The lowest BCUT2D eigenvalue weighted by Crippen LogP contribution is -1.88. The van der Waals surface area contributed by atoms with Gasteiger partial charge in [0.15, 0.2) is 0 Å². The molecule has 0 aliphatic carbocycles. The van der Waals surface area contributed by atoms with Crippen LogP contribution in [-0.4, -0.2) is 25.4 Å². The van der Waals surface area contributed by atoms with Crippen LogP contribution in [0.1, 0.15) is 0 Å². The Morgan fingerprint density at radius 1 is 1.26 bits per heavy atom. The highest BCUT2D eigenvalue weighted by atomic mass is 35.5. The predicted octanol–water partition coefficient (Wildman–Crippen LogP) is 2.78. The summed E-state index contributed by atoms with van der Waals surface area (Å²) in [6.45, 7) is 0. The van der Waals surface area contributed by atoms with Crippen LogP contribution >= 0.6 is 12.4 Å². The highest BCUT2D eigenvalue weighted by Crippen LogP contribution is 2.21. The van der Waals surface area contributed by atoms with Crippen molar-refractivity contribution < 1.29 is 4.21 Å². The van der Waals surface area contributed by atoms with Crippen molar-refractivity contribution in [3.8, 4) is 11.4 Å². The number of nitrogens with one attached hydrogen (secondary N) is 1. The van der Waals surface area contributed by atoms with Crippen LogP contribution in [0.15, 0.2) is 47.6 Å². The third kappa shape index (κ3) is 2.67. The van der Waals surface area contributed by atoms with Crippen LogP contribution in [-0.2, 0) is 10.8 Å². The maximum absolute atomic E-state index is 11.5. The van der Waals surface area contributed by atoms with Crippen molar-refractivity contribution in [2.75, 3.05) is 6.26 Å². The van der Waals surface area contributed by atoms with E-state index in [1.54, 1.807) is 18.6 Å². The van der Waals surface area contributed by atoms with Gasteiger partial charge in [0.25, 0.3) is 0 Å². The van der Waals surface area contributed by atoms with Gasteiger partial charge < -0.3 is 4.98 Å². The smallest absolute Gasteiger partial charge is 0.138 e. The molecule has 2 aromatic heterocycles. The lowest BCUT2D eigenvalue weighted by Gasteiger charge is -1.99. The molecule has 0 spiro atoms. The molecule has 98 valence electrons. The van der Waals surface area contributed by atoms with Crippen LogP contribution in [0.3, 0.4) is 0 Å². The van der Waals surface area contributed by atoms with Crippen LogP contribution in [0, 0.1) is 0 Å². The quantitative estimate of drug-likeness (QED) is 0.790. The van der Waals surface area contributed by atoms with E-state index >= 15 is 0 Å². The zero-order valence-electron chi connectivity index (χ0n) is 10.2. The molecule has 0 aliphatic rings. The van der Waals surface area contributed by atoms with Crippen molar-refractivity contribution in [2.45, 2.75) is 4.90 Å². The Morgan fingerprint density at radius 3 is 2.84 bits per heavy atom. The molecule has 1 N–H and O–H groups in total. The van der Waals surface area contributed by atoms with E-state index in [0.29, 0.717) is 0 Å². The number of halogens is 1. The normalized spacial score (nSPS) is 12.1. The van der Waals surface area contributed by atoms with Crippen molar-refractivity contribution in [3.63, 3.8) is 0 Å². The highest BCUT2D eigenvalue weighted by Gasteiger charge is 2.06. The Morgan fingerprint density at radius 2 is 2.11 bits per heavy atom. The summed E-state index contributed by atoms with van der Waals surface area (Å²) in [7, 11) is -0.985. The second-order valence-corrected chi connectivity index (χ2v) is 5.34. The van der Waals surface area contributed by atoms with Gasteiger partial charge >= 0.3 is 0 Å². The minimum atomic E-state index is -0.985. The first-order valence-electron chi connectivity index (χ1n) is 5.47. The number of benzene rings is 1. The van der Waals surface area contributed by atoms with Gasteiger partial charge in [0.2, 0.25) is 0 Å².